The average molecular weight is 277 g/mol. The number of hydrogen-bond acceptors (Lipinski definition) is 0. The van der Waals surface area contributed by atoms with E-state index in [1.54, 1.807) is 0 Å². The zero-order valence-electron chi connectivity index (χ0n) is 9.84. The smallest absolute Gasteiger partial charge is 0.0784 e. The molecule has 0 nitrogen and oxygen atoms in total. The second-order valence-corrected chi connectivity index (χ2v) is 5.00. The Morgan fingerprint density at radius 3 is 1.94 bits per heavy atom. The van der Waals surface area contributed by atoms with Gasteiger partial charge in [-0.1, -0.05) is 72.8 Å². The van der Waals surface area contributed by atoms with Gasteiger partial charge in [0.1, 0.15) is 0 Å². The molecule has 2 atom stereocenters. The monoisotopic (exact) mass is 276 g/mol. The van der Waals surface area contributed by atoms with E-state index in [0.717, 1.165) is 11.1 Å². The molecule has 0 aliphatic heterocycles. The molecule has 2 aromatic carbocycles. The van der Waals surface area contributed by atoms with E-state index in [0.29, 0.717) is 0 Å². The van der Waals surface area contributed by atoms with Gasteiger partial charge in [0.05, 0.1) is 10.8 Å². The Balaban J connectivity index is 2.04. The van der Waals surface area contributed by atoms with Gasteiger partial charge in [-0.25, -0.2) is 0 Å². The number of allylic oxidation sites excluding steroid dienone is 1. The maximum Gasteiger partial charge on any atom is 0.0784 e. The van der Waals surface area contributed by atoms with Gasteiger partial charge in [0.2, 0.25) is 0 Å². The molecule has 2 heteroatoms. The summed E-state index contributed by atoms with van der Waals surface area (Å²) >= 11 is 12.6. The van der Waals surface area contributed by atoms with E-state index in [1.165, 1.54) is 0 Å². The molecule has 0 heterocycles. The van der Waals surface area contributed by atoms with Crippen molar-refractivity contribution in [2.24, 2.45) is 0 Å². The molecule has 0 spiro atoms. The van der Waals surface area contributed by atoms with Crippen molar-refractivity contribution < 1.29 is 0 Å². The fraction of sp³-hybridized carbons (Fsp3) is 0.125. The van der Waals surface area contributed by atoms with Crippen molar-refractivity contribution in [2.45, 2.75) is 10.8 Å². The van der Waals surface area contributed by atoms with Crippen LogP contribution in [0.3, 0.4) is 0 Å². The quantitative estimate of drug-likeness (QED) is 0.666. The summed E-state index contributed by atoms with van der Waals surface area (Å²) in [4.78, 5) is 0. The zero-order valence-corrected chi connectivity index (χ0v) is 11.4. The highest BCUT2D eigenvalue weighted by Crippen LogP contribution is 2.29. The van der Waals surface area contributed by atoms with Crippen molar-refractivity contribution in [3.05, 3.63) is 77.9 Å². The largest absolute Gasteiger partial charge is 0.116 e. The fourth-order valence-corrected chi connectivity index (χ4v) is 2.13. The van der Waals surface area contributed by atoms with E-state index < -0.39 is 0 Å². The molecular weight excluding hydrogens is 263 g/mol. The molecule has 2 unspecified atom stereocenters. The van der Waals surface area contributed by atoms with Crippen LogP contribution in [0.25, 0.3) is 6.08 Å². The second kappa shape index (κ2) is 6.63. The van der Waals surface area contributed by atoms with Gasteiger partial charge in [0, 0.05) is 0 Å². The molecule has 0 aromatic heterocycles. The molecule has 0 saturated heterocycles. The van der Waals surface area contributed by atoms with Crippen LogP contribution >= 0.6 is 23.2 Å². The van der Waals surface area contributed by atoms with Crippen LogP contribution in [-0.2, 0) is 0 Å². The summed E-state index contributed by atoms with van der Waals surface area (Å²) < 4.78 is 0. The molecule has 0 radical (unpaired) electrons. The molecule has 2 aromatic rings. The van der Waals surface area contributed by atoms with Gasteiger partial charge < -0.3 is 0 Å². The van der Waals surface area contributed by atoms with Gasteiger partial charge in [0.15, 0.2) is 0 Å². The van der Waals surface area contributed by atoms with Gasteiger partial charge in [-0.2, -0.15) is 0 Å². The molecule has 0 aliphatic rings. The average Bonchev–Trinajstić information content (AvgIpc) is 2.46. The Kier molecular flexibility index (Phi) is 4.86. The molecule has 0 amide bonds. The zero-order chi connectivity index (χ0) is 12.8. The highest BCUT2D eigenvalue weighted by Gasteiger charge is 2.15. The van der Waals surface area contributed by atoms with Crippen molar-refractivity contribution in [3.8, 4) is 0 Å². The van der Waals surface area contributed by atoms with Crippen LogP contribution in [0.2, 0.25) is 0 Å². The summed E-state index contributed by atoms with van der Waals surface area (Å²) in [6.45, 7) is 0. The van der Waals surface area contributed by atoms with Crippen molar-refractivity contribution in [3.63, 3.8) is 0 Å². The summed E-state index contributed by atoms with van der Waals surface area (Å²) in [5, 5.41) is -0.442. The summed E-state index contributed by atoms with van der Waals surface area (Å²) in [6.07, 6.45) is 3.93. The normalized spacial score (nSPS) is 14.6. The number of benzene rings is 2. The van der Waals surface area contributed by atoms with Crippen LogP contribution in [0.1, 0.15) is 16.5 Å². The lowest BCUT2D eigenvalue weighted by Gasteiger charge is -2.12. The summed E-state index contributed by atoms with van der Waals surface area (Å²) in [5.74, 6) is 0. The SMILES string of the molecule is ClC(C=Cc1ccccc1)C(Cl)c1ccccc1. The predicted octanol–water partition coefficient (Wildman–Crippen LogP) is 5.29. The van der Waals surface area contributed by atoms with Crippen molar-refractivity contribution in [1.29, 1.82) is 0 Å². The molecule has 2 rings (SSSR count). The fourth-order valence-electron chi connectivity index (χ4n) is 1.69. The topological polar surface area (TPSA) is 0 Å². The van der Waals surface area contributed by atoms with Crippen molar-refractivity contribution in [1.82, 2.24) is 0 Å². The number of alkyl halides is 2. The van der Waals surface area contributed by atoms with Crippen LogP contribution in [-0.4, -0.2) is 5.38 Å². The minimum absolute atomic E-state index is 0.215. The number of rotatable bonds is 4. The van der Waals surface area contributed by atoms with Crippen LogP contribution in [0.4, 0.5) is 0 Å². The molecule has 0 fully saturated rings. The summed E-state index contributed by atoms with van der Waals surface area (Å²) in [6, 6.07) is 19.9. The summed E-state index contributed by atoms with van der Waals surface area (Å²) in [7, 11) is 0. The van der Waals surface area contributed by atoms with E-state index in [1.807, 2.05) is 72.8 Å². The summed E-state index contributed by atoms with van der Waals surface area (Å²) in [5.41, 5.74) is 2.16. The van der Waals surface area contributed by atoms with E-state index in [-0.39, 0.29) is 10.8 Å². The third kappa shape index (κ3) is 3.63. The van der Waals surface area contributed by atoms with Crippen LogP contribution in [0.15, 0.2) is 66.7 Å². The maximum atomic E-state index is 6.34. The lowest BCUT2D eigenvalue weighted by molar-refractivity contribution is 0.968. The third-order valence-electron chi connectivity index (χ3n) is 2.67. The Bertz CT molecular complexity index is 491. The predicted molar refractivity (Wildman–Crippen MR) is 80.2 cm³/mol. The molecular formula is C16H14Cl2. The van der Waals surface area contributed by atoms with E-state index in [9.17, 15) is 0 Å². The van der Waals surface area contributed by atoms with Crippen molar-refractivity contribution in [2.75, 3.05) is 0 Å². The first-order valence-electron chi connectivity index (χ1n) is 5.84. The Morgan fingerprint density at radius 2 is 1.33 bits per heavy atom. The van der Waals surface area contributed by atoms with E-state index in [4.69, 9.17) is 23.2 Å². The Morgan fingerprint density at radius 1 is 0.778 bits per heavy atom. The highest BCUT2D eigenvalue weighted by molar-refractivity contribution is 6.31. The lowest BCUT2D eigenvalue weighted by atomic mass is 10.1. The standard InChI is InChI=1S/C16H14Cl2/c17-15(12-11-13-7-3-1-4-8-13)16(18)14-9-5-2-6-10-14/h1-12,15-16H. The first-order valence-corrected chi connectivity index (χ1v) is 6.71. The van der Waals surface area contributed by atoms with Crippen LogP contribution in [0, 0.1) is 0 Å². The molecule has 0 bridgehead atoms. The number of halogens is 2. The first-order chi connectivity index (χ1) is 8.77. The highest BCUT2D eigenvalue weighted by atomic mass is 35.5. The van der Waals surface area contributed by atoms with E-state index >= 15 is 0 Å². The van der Waals surface area contributed by atoms with Gasteiger partial charge in [0.25, 0.3) is 0 Å². The maximum absolute atomic E-state index is 6.34. The molecule has 92 valence electrons. The Hall–Kier alpha value is -1.24. The lowest BCUT2D eigenvalue weighted by Crippen LogP contribution is -2.03. The van der Waals surface area contributed by atoms with Crippen molar-refractivity contribution >= 4 is 29.3 Å². The molecule has 0 aliphatic carbocycles. The minimum Gasteiger partial charge on any atom is -0.116 e. The van der Waals surface area contributed by atoms with Gasteiger partial charge in [-0.15, -0.1) is 23.2 Å². The molecule has 0 N–H and O–H groups in total. The molecule has 18 heavy (non-hydrogen) atoms. The molecule has 0 saturated carbocycles. The van der Waals surface area contributed by atoms with Gasteiger partial charge >= 0.3 is 0 Å². The van der Waals surface area contributed by atoms with Crippen LogP contribution < -0.4 is 0 Å². The number of hydrogen-bond donors (Lipinski definition) is 0. The van der Waals surface area contributed by atoms with E-state index in [2.05, 4.69) is 0 Å². The Labute approximate surface area is 118 Å². The minimum atomic E-state index is -0.228. The third-order valence-corrected chi connectivity index (χ3v) is 3.72. The first kappa shape index (κ1) is 13.2. The second-order valence-electron chi connectivity index (χ2n) is 4.03. The van der Waals surface area contributed by atoms with Crippen LogP contribution in [0.5, 0.6) is 0 Å². The van der Waals surface area contributed by atoms with Gasteiger partial charge in [-0.3, -0.25) is 0 Å². The van der Waals surface area contributed by atoms with Gasteiger partial charge in [-0.05, 0) is 11.1 Å².